The summed E-state index contributed by atoms with van der Waals surface area (Å²) in [6.07, 6.45) is 10.3. The summed E-state index contributed by atoms with van der Waals surface area (Å²) in [6.45, 7) is 6.75. The lowest BCUT2D eigenvalue weighted by molar-refractivity contribution is 0.0138. The van der Waals surface area contributed by atoms with Crippen molar-refractivity contribution in [2.75, 3.05) is 37.7 Å². The molecule has 1 saturated carbocycles. The first kappa shape index (κ1) is 20.3. The number of pyridine rings is 2. The molecule has 6 heterocycles. The maximum atomic E-state index is 6.09. The summed E-state index contributed by atoms with van der Waals surface area (Å²) in [4.78, 5) is 25.4. The first-order chi connectivity index (χ1) is 16.7. The molecule has 4 aromatic heterocycles. The van der Waals surface area contributed by atoms with E-state index in [1.165, 1.54) is 23.8 Å². The summed E-state index contributed by atoms with van der Waals surface area (Å²) in [5.41, 5.74) is 4.84. The molecule has 0 aromatic carbocycles. The van der Waals surface area contributed by atoms with Crippen LogP contribution in [0.3, 0.4) is 0 Å². The summed E-state index contributed by atoms with van der Waals surface area (Å²) in [5, 5.41) is 5.67. The van der Waals surface area contributed by atoms with Crippen molar-refractivity contribution >= 4 is 27.8 Å². The zero-order valence-corrected chi connectivity index (χ0v) is 19.5. The zero-order valence-electron chi connectivity index (χ0n) is 19.5. The number of hydrogen-bond acceptors (Lipinski definition) is 7. The Morgan fingerprint density at radius 2 is 2.03 bits per heavy atom. The molecular weight excluding hydrogens is 426 g/mol. The van der Waals surface area contributed by atoms with Crippen LogP contribution in [0.2, 0.25) is 0 Å². The summed E-state index contributed by atoms with van der Waals surface area (Å²) in [5.74, 6) is 2.35. The molecule has 3 aliphatic rings. The fourth-order valence-corrected chi connectivity index (χ4v) is 5.52. The highest BCUT2D eigenvalue weighted by molar-refractivity contribution is 5.97. The fourth-order valence-electron chi connectivity index (χ4n) is 5.52. The lowest BCUT2D eigenvalue weighted by Crippen LogP contribution is -2.44. The van der Waals surface area contributed by atoms with Crippen LogP contribution in [-0.4, -0.2) is 57.7 Å². The number of anilines is 1. The summed E-state index contributed by atoms with van der Waals surface area (Å²) < 4.78 is 6.09. The molecule has 174 valence electrons. The molecular formula is C26H29N7O. The highest BCUT2D eigenvalue weighted by Crippen LogP contribution is 2.45. The van der Waals surface area contributed by atoms with E-state index in [1.54, 1.807) is 0 Å². The van der Waals surface area contributed by atoms with Crippen LogP contribution in [0.4, 0.5) is 5.82 Å². The zero-order chi connectivity index (χ0) is 22.7. The van der Waals surface area contributed by atoms with Crippen LogP contribution in [0.15, 0.2) is 30.7 Å². The van der Waals surface area contributed by atoms with Crippen LogP contribution in [0.5, 0.6) is 0 Å². The van der Waals surface area contributed by atoms with E-state index in [0.717, 1.165) is 85.1 Å². The van der Waals surface area contributed by atoms with Gasteiger partial charge in [0.2, 0.25) is 0 Å². The van der Waals surface area contributed by atoms with Gasteiger partial charge in [0.25, 0.3) is 0 Å². The predicted molar refractivity (Wildman–Crippen MR) is 132 cm³/mol. The SMILES string of the molecule is CC1(c2cc3c(-c4nc(N5CCNCC5)c5c(C6CC6)cncc5n4)ccnc3[nH]2)CCCO1. The molecule has 2 saturated heterocycles. The molecule has 0 amide bonds. The molecule has 2 N–H and O–H groups in total. The van der Waals surface area contributed by atoms with Gasteiger partial charge in [-0.3, -0.25) is 4.98 Å². The van der Waals surface area contributed by atoms with Crippen LogP contribution >= 0.6 is 0 Å². The van der Waals surface area contributed by atoms with Crippen molar-refractivity contribution in [3.05, 3.63) is 42.0 Å². The number of aromatic amines is 1. The van der Waals surface area contributed by atoms with Gasteiger partial charge in [-0.05, 0) is 56.2 Å². The van der Waals surface area contributed by atoms with Gasteiger partial charge in [0.15, 0.2) is 5.82 Å². The van der Waals surface area contributed by atoms with Crippen molar-refractivity contribution in [2.24, 2.45) is 0 Å². The third kappa shape index (κ3) is 3.27. The molecule has 1 unspecified atom stereocenters. The molecule has 8 heteroatoms. The summed E-state index contributed by atoms with van der Waals surface area (Å²) in [7, 11) is 0. The summed E-state index contributed by atoms with van der Waals surface area (Å²) in [6, 6.07) is 4.21. The van der Waals surface area contributed by atoms with Crippen molar-refractivity contribution in [1.82, 2.24) is 30.2 Å². The van der Waals surface area contributed by atoms with Crippen LogP contribution in [0.1, 0.15) is 49.8 Å². The molecule has 0 bridgehead atoms. The van der Waals surface area contributed by atoms with E-state index in [1.807, 2.05) is 24.7 Å². The van der Waals surface area contributed by atoms with Crippen molar-refractivity contribution in [2.45, 2.75) is 44.1 Å². The van der Waals surface area contributed by atoms with Gasteiger partial charge in [-0.1, -0.05) is 0 Å². The normalized spacial score (nSPS) is 23.3. The minimum absolute atomic E-state index is 0.294. The Morgan fingerprint density at radius 3 is 2.82 bits per heavy atom. The number of ether oxygens (including phenoxy) is 1. The Bertz CT molecular complexity index is 1380. The van der Waals surface area contributed by atoms with Gasteiger partial charge in [-0.25, -0.2) is 15.0 Å². The number of aromatic nitrogens is 5. The molecule has 1 atom stereocenters. The monoisotopic (exact) mass is 455 g/mol. The second kappa shape index (κ2) is 7.71. The molecule has 7 rings (SSSR count). The van der Waals surface area contributed by atoms with Crippen LogP contribution < -0.4 is 10.2 Å². The van der Waals surface area contributed by atoms with Crippen molar-refractivity contribution in [1.29, 1.82) is 0 Å². The van der Waals surface area contributed by atoms with Gasteiger partial charge >= 0.3 is 0 Å². The fraction of sp³-hybridized carbons (Fsp3) is 0.462. The van der Waals surface area contributed by atoms with Gasteiger partial charge in [-0.2, -0.15) is 0 Å². The maximum Gasteiger partial charge on any atom is 0.163 e. The topological polar surface area (TPSA) is 91.9 Å². The molecule has 0 spiro atoms. The third-order valence-corrected chi connectivity index (χ3v) is 7.61. The Labute approximate surface area is 198 Å². The van der Waals surface area contributed by atoms with Gasteiger partial charge in [-0.15, -0.1) is 0 Å². The second-order valence-electron chi connectivity index (χ2n) is 9.99. The number of H-pyrrole nitrogens is 1. The Kier molecular flexibility index (Phi) is 4.60. The molecule has 1 aliphatic carbocycles. The molecule has 34 heavy (non-hydrogen) atoms. The van der Waals surface area contributed by atoms with E-state index in [-0.39, 0.29) is 5.60 Å². The van der Waals surface area contributed by atoms with Gasteiger partial charge < -0.3 is 19.9 Å². The van der Waals surface area contributed by atoms with Crippen LogP contribution in [0.25, 0.3) is 33.3 Å². The minimum Gasteiger partial charge on any atom is -0.369 e. The van der Waals surface area contributed by atoms with E-state index < -0.39 is 0 Å². The highest BCUT2D eigenvalue weighted by Gasteiger charge is 2.34. The quantitative estimate of drug-likeness (QED) is 0.482. The number of hydrogen-bond donors (Lipinski definition) is 2. The van der Waals surface area contributed by atoms with E-state index in [9.17, 15) is 0 Å². The predicted octanol–water partition coefficient (Wildman–Crippen LogP) is 3.88. The number of nitrogens with one attached hydrogen (secondary N) is 2. The van der Waals surface area contributed by atoms with Gasteiger partial charge in [0, 0.05) is 67.2 Å². The van der Waals surface area contributed by atoms with Gasteiger partial charge in [0.1, 0.15) is 17.1 Å². The standard InChI is InChI=1S/C26H29N7O/c1-26(6-2-12-34-26)21-13-18-17(5-7-29-23(18)31-21)24-30-20-15-28-14-19(16-3-4-16)22(20)25(32-24)33-10-8-27-9-11-33/h5,7,13-16,27H,2-4,6,8-12H2,1H3,(H,29,31). The van der Waals surface area contributed by atoms with Crippen molar-refractivity contribution in [3.63, 3.8) is 0 Å². The van der Waals surface area contributed by atoms with E-state index in [0.29, 0.717) is 5.92 Å². The van der Waals surface area contributed by atoms with E-state index in [2.05, 4.69) is 38.2 Å². The number of nitrogens with zero attached hydrogens (tertiary/aromatic N) is 5. The lowest BCUT2D eigenvalue weighted by Gasteiger charge is -2.30. The molecule has 3 fully saturated rings. The smallest absolute Gasteiger partial charge is 0.163 e. The van der Waals surface area contributed by atoms with Crippen molar-refractivity contribution in [3.8, 4) is 11.4 Å². The third-order valence-electron chi connectivity index (χ3n) is 7.61. The maximum absolute atomic E-state index is 6.09. The largest absolute Gasteiger partial charge is 0.369 e. The van der Waals surface area contributed by atoms with Crippen LogP contribution in [0, 0.1) is 0 Å². The minimum atomic E-state index is -0.294. The Morgan fingerprint density at radius 1 is 1.15 bits per heavy atom. The lowest BCUT2D eigenvalue weighted by atomic mass is 9.98. The van der Waals surface area contributed by atoms with Crippen molar-refractivity contribution < 1.29 is 4.74 Å². The molecule has 0 radical (unpaired) electrons. The van der Waals surface area contributed by atoms with Crippen LogP contribution in [-0.2, 0) is 10.3 Å². The number of rotatable bonds is 4. The number of fused-ring (bicyclic) bond motifs is 2. The second-order valence-corrected chi connectivity index (χ2v) is 9.99. The molecule has 2 aliphatic heterocycles. The first-order valence-corrected chi connectivity index (χ1v) is 12.4. The Balaban J connectivity index is 1.42. The first-order valence-electron chi connectivity index (χ1n) is 12.4. The number of piperazine rings is 1. The summed E-state index contributed by atoms with van der Waals surface area (Å²) >= 11 is 0. The van der Waals surface area contributed by atoms with Gasteiger partial charge in [0.05, 0.1) is 11.7 Å². The average Bonchev–Trinajstić information content (AvgIpc) is 3.46. The Hall–Kier alpha value is -3.10. The molecule has 8 nitrogen and oxygen atoms in total. The average molecular weight is 456 g/mol. The van der Waals surface area contributed by atoms with E-state index >= 15 is 0 Å². The highest BCUT2D eigenvalue weighted by atomic mass is 16.5. The van der Waals surface area contributed by atoms with E-state index in [4.69, 9.17) is 14.7 Å². The molecule has 4 aromatic rings.